The highest BCUT2D eigenvalue weighted by Gasteiger charge is 2.19. The van der Waals surface area contributed by atoms with Gasteiger partial charge in [0.15, 0.2) is 0 Å². The molecule has 0 aromatic carbocycles. The maximum absolute atomic E-state index is 12.6. The van der Waals surface area contributed by atoms with Crippen LogP contribution in [0.15, 0.2) is 49.3 Å². The number of anilines is 1. The molecule has 1 aliphatic rings. The molecule has 0 radical (unpaired) electrons. The van der Waals surface area contributed by atoms with E-state index in [2.05, 4.69) is 39.1 Å². The third-order valence-corrected chi connectivity index (χ3v) is 4.52. The molecular weight excluding hydrogens is 342 g/mol. The molecular formula is C20H23N5O2. The van der Waals surface area contributed by atoms with Gasteiger partial charge < -0.3 is 15.5 Å². The Hall–Kier alpha value is -3.06. The average Bonchev–Trinajstić information content (AvgIpc) is 2.70. The quantitative estimate of drug-likeness (QED) is 0.793. The Kier molecular flexibility index (Phi) is 5.93. The number of aromatic nitrogens is 2. The highest BCUT2D eigenvalue weighted by atomic mass is 16.2. The molecule has 3 rings (SSSR count). The lowest BCUT2D eigenvalue weighted by Gasteiger charge is -2.29. The van der Waals surface area contributed by atoms with Crippen molar-refractivity contribution in [3.05, 3.63) is 55.0 Å². The van der Waals surface area contributed by atoms with E-state index < -0.39 is 0 Å². The van der Waals surface area contributed by atoms with Crippen LogP contribution in [0.1, 0.15) is 23.3 Å². The molecule has 3 heterocycles. The largest absolute Gasteiger partial charge is 0.348 e. The molecule has 0 spiro atoms. The smallest absolute Gasteiger partial charge is 0.270 e. The first kappa shape index (κ1) is 18.7. The Labute approximate surface area is 158 Å². The maximum atomic E-state index is 12.6. The van der Waals surface area contributed by atoms with Crippen LogP contribution in [0, 0.1) is 0 Å². The van der Waals surface area contributed by atoms with Gasteiger partial charge in [-0.15, -0.1) is 0 Å². The van der Waals surface area contributed by atoms with E-state index in [4.69, 9.17) is 0 Å². The Morgan fingerprint density at radius 2 is 2.04 bits per heavy atom. The second-order valence-electron chi connectivity index (χ2n) is 6.61. The van der Waals surface area contributed by atoms with Crippen molar-refractivity contribution >= 4 is 17.5 Å². The molecule has 0 unspecified atom stereocenters. The minimum absolute atomic E-state index is 0.171. The first-order valence-electron chi connectivity index (χ1n) is 8.90. The van der Waals surface area contributed by atoms with E-state index in [1.54, 1.807) is 30.6 Å². The summed E-state index contributed by atoms with van der Waals surface area (Å²) < 4.78 is 0. The number of hydrogen-bond acceptors (Lipinski definition) is 5. The first-order valence-corrected chi connectivity index (χ1v) is 8.90. The molecule has 2 aromatic heterocycles. The summed E-state index contributed by atoms with van der Waals surface area (Å²) in [6.07, 6.45) is 6.26. The van der Waals surface area contributed by atoms with Gasteiger partial charge in [-0.05, 0) is 57.3 Å². The Morgan fingerprint density at radius 1 is 1.26 bits per heavy atom. The molecule has 0 bridgehead atoms. The Bertz CT molecular complexity index is 844. The summed E-state index contributed by atoms with van der Waals surface area (Å²) in [6.45, 7) is 5.39. The lowest BCUT2D eigenvalue weighted by molar-refractivity contribution is -0.111. The lowest BCUT2D eigenvalue weighted by Crippen LogP contribution is -2.43. The molecule has 140 valence electrons. The molecule has 1 fully saturated rings. The highest BCUT2D eigenvalue weighted by Crippen LogP contribution is 2.20. The molecule has 2 aromatic rings. The van der Waals surface area contributed by atoms with Crippen LogP contribution in [-0.4, -0.2) is 52.9 Å². The van der Waals surface area contributed by atoms with Crippen molar-refractivity contribution in [3.63, 3.8) is 0 Å². The van der Waals surface area contributed by atoms with Crippen molar-refractivity contribution in [2.45, 2.75) is 18.9 Å². The van der Waals surface area contributed by atoms with E-state index in [9.17, 15) is 9.59 Å². The molecule has 7 nitrogen and oxygen atoms in total. The number of piperidine rings is 1. The third kappa shape index (κ3) is 4.98. The highest BCUT2D eigenvalue weighted by molar-refractivity contribution is 5.99. The van der Waals surface area contributed by atoms with Gasteiger partial charge in [0.2, 0.25) is 5.91 Å². The Balaban J connectivity index is 1.73. The van der Waals surface area contributed by atoms with Crippen molar-refractivity contribution in [2.75, 3.05) is 25.5 Å². The predicted octanol–water partition coefficient (Wildman–Crippen LogP) is 2.09. The van der Waals surface area contributed by atoms with Gasteiger partial charge in [0.05, 0.1) is 17.6 Å². The second kappa shape index (κ2) is 8.55. The number of nitrogens with one attached hydrogen (secondary N) is 2. The second-order valence-corrected chi connectivity index (χ2v) is 6.61. The summed E-state index contributed by atoms with van der Waals surface area (Å²) in [7, 11) is 2.09. The van der Waals surface area contributed by atoms with E-state index in [1.807, 2.05) is 6.07 Å². The molecule has 0 saturated carbocycles. The summed E-state index contributed by atoms with van der Waals surface area (Å²) in [5.74, 6) is -0.483. The van der Waals surface area contributed by atoms with E-state index >= 15 is 0 Å². The third-order valence-electron chi connectivity index (χ3n) is 4.52. The van der Waals surface area contributed by atoms with Gasteiger partial charge in [-0.3, -0.25) is 14.6 Å². The number of pyridine rings is 2. The minimum atomic E-state index is -0.312. The molecule has 1 saturated heterocycles. The number of amides is 2. The molecule has 2 N–H and O–H groups in total. The molecule has 27 heavy (non-hydrogen) atoms. The van der Waals surface area contributed by atoms with Gasteiger partial charge in [-0.1, -0.05) is 12.6 Å². The van der Waals surface area contributed by atoms with Crippen LogP contribution >= 0.6 is 0 Å². The van der Waals surface area contributed by atoms with Crippen LogP contribution in [-0.2, 0) is 4.79 Å². The average molecular weight is 365 g/mol. The maximum Gasteiger partial charge on any atom is 0.270 e. The topological polar surface area (TPSA) is 87.2 Å². The van der Waals surface area contributed by atoms with Gasteiger partial charge in [-0.25, -0.2) is 4.98 Å². The van der Waals surface area contributed by atoms with E-state index in [-0.39, 0.29) is 17.9 Å². The van der Waals surface area contributed by atoms with Gasteiger partial charge in [0.25, 0.3) is 5.91 Å². The summed E-state index contributed by atoms with van der Waals surface area (Å²) in [6, 6.07) is 7.24. The number of carbonyl (C=O) groups excluding carboxylic acids is 2. The zero-order valence-electron chi connectivity index (χ0n) is 15.3. The molecule has 2 amide bonds. The van der Waals surface area contributed by atoms with Gasteiger partial charge >= 0.3 is 0 Å². The molecule has 1 aliphatic heterocycles. The number of likely N-dealkylation sites (tertiary alicyclic amines) is 1. The van der Waals surface area contributed by atoms with E-state index in [0.717, 1.165) is 25.9 Å². The number of rotatable bonds is 5. The van der Waals surface area contributed by atoms with Crippen LogP contribution < -0.4 is 10.6 Å². The first-order chi connectivity index (χ1) is 13.0. The lowest BCUT2D eigenvalue weighted by atomic mass is 10.1. The van der Waals surface area contributed by atoms with Crippen molar-refractivity contribution in [3.8, 4) is 11.3 Å². The predicted molar refractivity (Wildman–Crippen MR) is 104 cm³/mol. The summed E-state index contributed by atoms with van der Waals surface area (Å²) in [5, 5.41) is 5.73. The fourth-order valence-electron chi connectivity index (χ4n) is 2.98. The zero-order valence-corrected chi connectivity index (χ0v) is 15.3. The minimum Gasteiger partial charge on any atom is -0.348 e. The van der Waals surface area contributed by atoms with Crippen molar-refractivity contribution < 1.29 is 9.59 Å². The van der Waals surface area contributed by atoms with Crippen LogP contribution in [0.3, 0.4) is 0 Å². The summed E-state index contributed by atoms with van der Waals surface area (Å²) in [5.41, 5.74) is 2.24. The number of carbonyl (C=O) groups is 2. The van der Waals surface area contributed by atoms with Crippen LogP contribution in [0.2, 0.25) is 0 Å². The Morgan fingerprint density at radius 3 is 2.78 bits per heavy atom. The molecule has 0 atom stereocenters. The van der Waals surface area contributed by atoms with Gasteiger partial charge in [-0.2, -0.15) is 0 Å². The van der Waals surface area contributed by atoms with E-state index in [0.29, 0.717) is 22.6 Å². The van der Waals surface area contributed by atoms with Crippen molar-refractivity contribution in [1.82, 2.24) is 20.2 Å². The van der Waals surface area contributed by atoms with Crippen LogP contribution in [0.4, 0.5) is 5.69 Å². The van der Waals surface area contributed by atoms with Crippen molar-refractivity contribution in [1.29, 1.82) is 0 Å². The molecule has 7 heteroatoms. The normalized spacial score (nSPS) is 15.1. The van der Waals surface area contributed by atoms with Gasteiger partial charge in [0, 0.05) is 17.8 Å². The monoisotopic (exact) mass is 365 g/mol. The standard InChI is InChI=1S/C20H23N5O2/c1-3-19(26)22-16-11-14(12-21-13-16)17-5-4-6-18(24-17)20(27)23-15-7-9-25(2)10-8-15/h3-6,11-13,15H,1,7-10H2,2H3,(H,22,26)(H,23,27). The van der Waals surface area contributed by atoms with Crippen LogP contribution in [0.25, 0.3) is 11.3 Å². The molecule has 0 aliphatic carbocycles. The van der Waals surface area contributed by atoms with Crippen molar-refractivity contribution in [2.24, 2.45) is 0 Å². The van der Waals surface area contributed by atoms with Crippen LogP contribution in [0.5, 0.6) is 0 Å². The summed E-state index contributed by atoms with van der Waals surface area (Å²) in [4.78, 5) is 34.9. The zero-order chi connectivity index (χ0) is 19.2. The summed E-state index contributed by atoms with van der Waals surface area (Å²) >= 11 is 0. The van der Waals surface area contributed by atoms with E-state index in [1.165, 1.54) is 6.08 Å². The number of nitrogens with zero attached hydrogens (tertiary/aromatic N) is 3. The SMILES string of the molecule is C=CC(=O)Nc1cncc(-c2cccc(C(=O)NC3CCN(C)CC3)n2)c1. The number of hydrogen-bond donors (Lipinski definition) is 2. The fourth-order valence-corrected chi connectivity index (χ4v) is 2.98. The van der Waals surface area contributed by atoms with Gasteiger partial charge in [0.1, 0.15) is 5.69 Å². The fraction of sp³-hybridized carbons (Fsp3) is 0.300.